The van der Waals surface area contributed by atoms with Crippen LogP contribution in [0.25, 0.3) is 11.1 Å². The third-order valence-electron chi connectivity index (χ3n) is 7.28. The van der Waals surface area contributed by atoms with Gasteiger partial charge in [0.1, 0.15) is 18.4 Å². The third kappa shape index (κ3) is 5.76. The Labute approximate surface area is 225 Å². The average Bonchev–Trinajstić information content (AvgIpc) is 3.55. The molecule has 0 radical (unpaired) electrons. The summed E-state index contributed by atoms with van der Waals surface area (Å²) in [6, 6.07) is 6.85. The summed E-state index contributed by atoms with van der Waals surface area (Å²) in [6.45, 7) is 14.7. The first-order chi connectivity index (χ1) is 18.0. The van der Waals surface area contributed by atoms with Crippen molar-refractivity contribution in [3.63, 3.8) is 0 Å². The molecule has 4 rings (SSSR count). The highest BCUT2D eigenvalue weighted by atomic mass is 16.2. The summed E-state index contributed by atoms with van der Waals surface area (Å²) in [5, 5.41) is 11.7. The van der Waals surface area contributed by atoms with Crippen molar-refractivity contribution in [2.45, 2.75) is 84.8 Å². The fraction of sp³-hybridized carbons (Fsp3) is 0.517. The first kappa shape index (κ1) is 27.4. The lowest BCUT2D eigenvalue weighted by molar-refractivity contribution is -0.142. The maximum Gasteiger partial charge on any atom is 0.248 e. The quantitative estimate of drug-likeness (QED) is 0.498. The molecule has 2 amide bonds. The van der Waals surface area contributed by atoms with Crippen LogP contribution in [-0.4, -0.2) is 54.3 Å². The van der Waals surface area contributed by atoms with Gasteiger partial charge in [-0.3, -0.25) is 9.59 Å². The lowest BCUT2D eigenvalue weighted by Crippen LogP contribution is -2.49. The minimum atomic E-state index is -0.512. The number of carbonyl (C=O) groups is 2. The van der Waals surface area contributed by atoms with E-state index in [1.807, 2.05) is 64.4 Å². The second-order valence-corrected chi connectivity index (χ2v) is 11.6. The smallest absolute Gasteiger partial charge is 0.248 e. The van der Waals surface area contributed by atoms with Gasteiger partial charge in [-0.1, -0.05) is 64.1 Å². The Bertz CT molecular complexity index is 1280. The zero-order valence-electron chi connectivity index (χ0n) is 23.5. The zero-order valence-corrected chi connectivity index (χ0v) is 23.5. The molecule has 0 unspecified atom stereocenters. The number of nitrogens with zero attached hydrogens (tertiary/aromatic N) is 6. The van der Waals surface area contributed by atoms with Crippen molar-refractivity contribution in [1.29, 1.82) is 0 Å². The summed E-state index contributed by atoms with van der Waals surface area (Å²) >= 11 is 0. The molecule has 9 nitrogen and oxygen atoms in total. The SMILES string of the molecule is Cc1ncncc1-c1ccc([C@H](C)NC(=O)[C@@H]2CCCN2C(=O)[C@H](C(C)C)n2cc(C(C)(C)C)nn2)cc1. The Kier molecular flexibility index (Phi) is 7.94. The van der Waals surface area contributed by atoms with Gasteiger partial charge in [0.2, 0.25) is 11.8 Å². The number of amides is 2. The van der Waals surface area contributed by atoms with Crippen molar-refractivity contribution in [1.82, 2.24) is 35.2 Å². The first-order valence-electron chi connectivity index (χ1n) is 13.4. The summed E-state index contributed by atoms with van der Waals surface area (Å²) in [5.41, 5.74) is 4.59. The second-order valence-electron chi connectivity index (χ2n) is 11.6. The van der Waals surface area contributed by atoms with Gasteiger partial charge >= 0.3 is 0 Å². The van der Waals surface area contributed by atoms with Gasteiger partial charge in [0, 0.05) is 35.6 Å². The standard InChI is InChI=1S/C29H39N7O2/c1-18(2)26(36-16-25(33-34-36)29(5,6)7)28(38)35-14-8-9-24(35)27(37)32-19(3)21-10-12-22(13-11-21)23-15-30-17-31-20(23)4/h10-13,15-19,24,26H,8-9,14H2,1-7H3,(H,32,37)/t19-,24-,26-/m0/s1. The van der Waals surface area contributed by atoms with E-state index in [1.165, 1.54) is 0 Å². The van der Waals surface area contributed by atoms with Crippen molar-refractivity contribution >= 4 is 11.8 Å². The summed E-state index contributed by atoms with van der Waals surface area (Å²) < 4.78 is 1.67. The first-order valence-corrected chi connectivity index (χ1v) is 13.4. The van der Waals surface area contributed by atoms with Gasteiger partial charge in [-0.2, -0.15) is 0 Å². The van der Waals surface area contributed by atoms with E-state index in [2.05, 4.69) is 46.4 Å². The van der Waals surface area contributed by atoms with Crippen LogP contribution >= 0.6 is 0 Å². The zero-order chi connectivity index (χ0) is 27.6. The number of benzene rings is 1. The van der Waals surface area contributed by atoms with E-state index in [0.29, 0.717) is 13.0 Å². The van der Waals surface area contributed by atoms with Crippen molar-refractivity contribution in [3.05, 3.63) is 59.9 Å². The molecule has 1 N–H and O–H groups in total. The molecule has 1 aliphatic heterocycles. The van der Waals surface area contributed by atoms with Gasteiger partial charge in [-0.15, -0.1) is 5.10 Å². The highest BCUT2D eigenvalue weighted by Gasteiger charge is 2.39. The summed E-state index contributed by atoms with van der Waals surface area (Å²) in [5.74, 6) is -0.214. The largest absolute Gasteiger partial charge is 0.348 e. The van der Waals surface area contributed by atoms with Crippen molar-refractivity contribution in [2.75, 3.05) is 6.54 Å². The average molecular weight is 518 g/mol. The Hall–Kier alpha value is -3.62. The van der Waals surface area contributed by atoms with E-state index < -0.39 is 12.1 Å². The Morgan fingerprint density at radius 2 is 1.82 bits per heavy atom. The van der Waals surface area contributed by atoms with E-state index in [0.717, 1.165) is 34.5 Å². The molecule has 1 saturated heterocycles. The number of carbonyl (C=O) groups excluding carboxylic acids is 2. The van der Waals surface area contributed by atoms with E-state index >= 15 is 0 Å². The van der Waals surface area contributed by atoms with E-state index in [4.69, 9.17) is 0 Å². The number of aryl methyl sites for hydroxylation is 1. The summed E-state index contributed by atoms with van der Waals surface area (Å²) in [7, 11) is 0. The molecule has 0 saturated carbocycles. The van der Waals surface area contributed by atoms with E-state index in [1.54, 1.807) is 15.9 Å². The van der Waals surface area contributed by atoms with Crippen LogP contribution in [0, 0.1) is 12.8 Å². The third-order valence-corrected chi connectivity index (χ3v) is 7.28. The molecular formula is C29H39N7O2. The number of nitrogens with one attached hydrogen (secondary N) is 1. The van der Waals surface area contributed by atoms with Crippen LogP contribution in [0.5, 0.6) is 0 Å². The Morgan fingerprint density at radius 1 is 1.11 bits per heavy atom. The van der Waals surface area contributed by atoms with Crippen molar-refractivity contribution in [2.24, 2.45) is 5.92 Å². The topological polar surface area (TPSA) is 106 Å². The van der Waals surface area contributed by atoms with Crippen molar-refractivity contribution < 1.29 is 9.59 Å². The maximum absolute atomic E-state index is 13.8. The predicted octanol–water partition coefficient (Wildman–Crippen LogP) is 4.41. The van der Waals surface area contributed by atoms with Gasteiger partial charge in [-0.25, -0.2) is 14.6 Å². The molecule has 1 aliphatic rings. The molecule has 0 bridgehead atoms. The Morgan fingerprint density at radius 3 is 2.42 bits per heavy atom. The molecule has 202 valence electrons. The number of hydrogen-bond acceptors (Lipinski definition) is 6. The fourth-order valence-electron chi connectivity index (χ4n) is 4.95. The summed E-state index contributed by atoms with van der Waals surface area (Å²) in [4.78, 5) is 37.3. The minimum Gasteiger partial charge on any atom is -0.348 e. The molecule has 0 spiro atoms. The highest BCUT2D eigenvalue weighted by Crippen LogP contribution is 2.29. The molecule has 38 heavy (non-hydrogen) atoms. The number of aromatic nitrogens is 5. The predicted molar refractivity (Wildman–Crippen MR) is 146 cm³/mol. The van der Waals surface area contributed by atoms with Crippen molar-refractivity contribution in [3.8, 4) is 11.1 Å². The Balaban J connectivity index is 1.46. The van der Waals surface area contributed by atoms with Gasteiger partial charge in [0.25, 0.3) is 0 Å². The normalized spacial score (nSPS) is 17.5. The second kappa shape index (κ2) is 11.0. The molecular weight excluding hydrogens is 478 g/mol. The number of hydrogen-bond donors (Lipinski definition) is 1. The van der Waals surface area contributed by atoms with Crippen LogP contribution in [0.1, 0.15) is 83.4 Å². The molecule has 3 heterocycles. The van der Waals surface area contributed by atoms with Gasteiger partial charge in [0.15, 0.2) is 0 Å². The molecule has 3 aromatic rings. The van der Waals surface area contributed by atoms with Crippen LogP contribution in [-0.2, 0) is 15.0 Å². The molecule has 3 atom stereocenters. The van der Waals surface area contributed by atoms with E-state index in [9.17, 15) is 9.59 Å². The van der Waals surface area contributed by atoms with Gasteiger partial charge in [0.05, 0.1) is 11.7 Å². The lowest BCUT2D eigenvalue weighted by atomic mass is 9.93. The number of likely N-dealkylation sites (tertiary alicyclic amines) is 1. The van der Waals surface area contributed by atoms with Crippen LogP contribution in [0.4, 0.5) is 0 Å². The maximum atomic E-state index is 13.8. The van der Waals surface area contributed by atoms with Crippen LogP contribution < -0.4 is 5.32 Å². The fourth-order valence-corrected chi connectivity index (χ4v) is 4.95. The molecule has 9 heteroatoms. The molecule has 1 fully saturated rings. The van der Waals surface area contributed by atoms with Crippen LogP contribution in [0.3, 0.4) is 0 Å². The monoisotopic (exact) mass is 517 g/mol. The van der Waals surface area contributed by atoms with Crippen LogP contribution in [0.15, 0.2) is 43.0 Å². The van der Waals surface area contributed by atoms with Gasteiger partial charge < -0.3 is 10.2 Å². The lowest BCUT2D eigenvalue weighted by Gasteiger charge is -2.30. The number of rotatable bonds is 7. The van der Waals surface area contributed by atoms with Crippen LogP contribution in [0.2, 0.25) is 0 Å². The highest BCUT2D eigenvalue weighted by molar-refractivity contribution is 5.90. The molecule has 1 aromatic carbocycles. The summed E-state index contributed by atoms with van der Waals surface area (Å²) in [6.07, 6.45) is 6.65. The molecule has 0 aliphatic carbocycles. The van der Waals surface area contributed by atoms with Gasteiger partial charge in [-0.05, 0) is 43.7 Å². The van der Waals surface area contributed by atoms with E-state index in [-0.39, 0.29) is 29.2 Å². The molecule has 2 aromatic heterocycles. The minimum absolute atomic E-state index is 0.00239.